The molecule has 3 aromatic rings. The Morgan fingerprint density at radius 1 is 1.35 bits per heavy atom. The second-order valence-corrected chi connectivity index (χ2v) is 10.8. The first kappa shape index (κ1) is 25.5. The van der Waals surface area contributed by atoms with Gasteiger partial charge in [-0.15, -0.1) is 5.10 Å². The molecule has 0 spiro atoms. The molecule has 3 heterocycles. The molecule has 0 bridgehead atoms. The van der Waals surface area contributed by atoms with Gasteiger partial charge in [0.05, 0.1) is 36.5 Å². The zero-order valence-corrected chi connectivity index (χ0v) is 20.3. The van der Waals surface area contributed by atoms with Crippen LogP contribution in [0.15, 0.2) is 30.5 Å². The van der Waals surface area contributed by atoms with Crippen molar-refractivity contribution in [2.24, 2.45) is 0 Å². The van der Waals surface area contributed by atoms with E-state index in [0.717, 1.165) is 0 Å². The Morgan fingerprint density at radius 3 is 2.85 bits per heavy atom. The summed E-state index contributed by atoms with van der Waals surface area (Å²) in [5.74, 6) is -0.411. The molecule has 5 atom stereocenters. The predicted molar refractivity (Wildman–Crippen MR) is 123 cm³/mol. The normalized spacial score (nSPS) is 22.4. The maximum atomic E-state index is 14.9. The van der Waals surface area contributed by atoms with Crippen molar-refractivity contribution < 1.29 is 32.7 Å². The molecule has 4 unspecified atom stereocenters. The van der Waals surface area contributed by atoms with E-state index < -0.39 is 41.2 Å². The molecule has 1 aromatic carbocycles. The highest BCUT2D eigenvalue weighted by molar-refractivity contribution is 7.63. The summed E-state index contributed by atoms with van der Waals surface area (Å²) in [7, 11) is -4.33. The number of alkyl halides is 1. The number of nitrogens with zero attached hydrogens (tertiary/aromatic N) is 4. The van der Waals surface area contributed by atoms with Gasteiger partial charge in [-0.1, -0.05) is 18.2 Å². The standard InChI is InChI=1S/C19H22ClF2N5O5P2/c1-10(12-4-2-3-5-13(12)21)24-17-18-23-7-15(27(18)26-19(20)25-17)16-14(22)6-11(32-16)8-31-34(30)9-33(28)29/h2-5,7,10-11,14,16,28-30H,6,8-9H2,1H3,(H,24,25,26)/t10?,11-,14?,16?,34?/m0/s1. The summed E-state index contributed by atoms with van der Waals surface area (Å²) in [4.78, 5) is 36.0. The SMILES string of the molecule is CC(Nc1nc(Cl)nn2c(C3O[C@H](COP(O)CP(O)O)CC3F)cnc12)c1ccccc1F. The van der Waals surface area contributed by atoms with Gasteiger partial charge in [0.2, 0.25) is 5.28 Å². The molecule has 184 valence electrons. The summed E-state index contributed by atoms with van der Waals surface area (Å²) in [6.45, 7) is 1.64. The van der Waals surface area contributed by atoms with Gasteiger partial charge in [0.1, 0.15) is 18.1 Å². The van der Waals surface area contributed by atoms with Crippen LogP contribution in [-0.4, -0.2) is 59.0 Å². The fourth-order valence-electron chi connectivity index (χ4n) is 3.68. The monoisotopic (exact) mass is 535 g/mol. The Kier molecular flexibility index (Phi) is 8.22. The number of halogens is 3. The highest BCUT2D eigenvalue weighted by Crippen LogP contribution is 2.45. The average Bonchev–Trinajstić information content (AvgIpc) is 3.35. The third-order valence-electron chi connectivity index (χ3n) is 5.19. The molecule has 0 radical (unpaired) electrons. The smallest absolute Gasteiger partial charge is 0.243 e. The molecule has 0 saturated carbocycles. The maximum Gasteiger partial charge on any atom is 0.243 e. The number of ether oxygens (including phenoxy) is 1. The lowest BCUT2D eigenvalue weighted by Crippen LogP contribution is -2.16. The van der Waals surface area contributed by atoms with Gasteiger partial charge in [0.15, 0.2) is 28.2 Å². The van der Waals surface area contributed by atoms with E-state index in [1.807, 2.05) is 0 Å². The molecule has 1 fully saturated rings. The van der Waals surface area contributed by atoms with Crippen LogP contribution in [-0.2, 0) is 9.26 Å². The molecule has 15 heteroatoms. The van der Waals surface area contributed by atoms with Gasteiger partial charge in [-0.25, -0.2) is 18.3 Å². The topological polar surface area (TPSA) is 134 Å². The van der Waals surface area contributed by atoms with Crippen molar-refractivity contribution in [2.45, 2.75) is 37.8 Å². The predicted octanol–water partition coefficient (Wildman–Crippen LogP) is 3.83. The van der Waals surface area contributed by atoms with Crippen molar-refractivity contribution in [1.29, 1.82) is 0 Å². The van der Waals surface area contributed by atoms with E-state index in [9.17, 15) is 13.7 Å². The third-order valence-corrected chi connectivity index (χ3v) is 7.78. The number of hydrogen-bond acceptors (Lipinski definition) is 9. The number of imidazole rings is 1. The van der Waals surface area contributed by atoms with Gasteiger partial charge < -0.3 is 29.3 Å². The first-order valence-corrected chi connectivity index (χ1v) is 13.4. The molecule has 4 rings (SSSR count). The Bertz CT molecular complexity index is 1150. The summed E-state index contributed by atoms with van der Waals surface area (Å²) in [6, 6.07) is 5.85. The summed E-state index contributed by atoms with van der Waals surface area (Å²) in [5.41, 5.74) is 0.986. The summed E-state index contributed by atoms with van der Waals surface area (Å²) in [5, 5.41) is 7.08. The molecule has 10 nitrogen and oxygen atoms in total. The van der Waals surface area contributed by atoms with E-state index in [0.29, 0.717) is 11.3 Å². The summed E-state index contributed by atoms with van der Waals surface area (Å²) >= 11 is 6.11. The van der Waals surface area contributed by atoms with E-state index in [-0.39, 0.29) is 41.5 Å². The van der Waals surface area contributed by atoms with Gasteiger partial charge in [0.25, 0.3) is 0 Å². The van der Waals surface area contributed by atoms with E-state index in [2.05, 4.69) is 20.4 Å². The molecule has 1 saturated heterocycles. The minimum Gasteiger partial charge on any atom is -0.363 e. The van der Waals surface area contributed by atoms with E-state index in [4.69, 9.17) is 30.6 Å². The van der Waals surface area contributed by atoms with Crippen LogP contribution in [0.5, 0.6) is 0 Å². The van der Waals surface area contributed by atoms with Crippen LogP contribution in [0.4, 0.5) is 14.6 Å². The molecule has 1 aliphatic rings. The van der Waals surface area contributed by atoms with Crippen molar-refractivity contribution in [2.75, 3.05) is 17.8 Å². The second-order valence-electron chi connectivity index (χ2n) is 7.63. The first-order valence-electron chi connectivity index (χ1n) is 10.2. The second kappa shape index (κ2) is 11.0. The van der Waals surface area contributed by atoms with Gasteiger partial charge >= 0.3 is 0 Å². The number of aromatic nitrogens is 4. The molecule has 0 aliphatic carbocycles. The van der Waals surface area contributed by atoms with Crippen LogP contribution < -0.4 is 5.32 Å². The minimum atomic E-state index is -2.29. The van der Waals surface area contributed by atoms with Crippen LogP contribution >= 0.6 is 28.4 Å². The van der Waals surface area contributed by atoms with E-state index >= 15 is 0 Å². The number of hydrogen-bond donors (Lipinski definition) is 4. The largest absolute Gasteiger partial charge is 0.363 e. The van der Waals surface area contributed by atoms with E-state index in [1.54, 1.807) is 25.1 Å². The molecule has 1 aliphatic heterocycles. The quantitative estimate of drug-likeness (QED) is 0.302. The highest BCUT2D eigenvalue weighted by atomic mass is 35.5. The Morgan fingerprint density at radius 2 is 2.12 bits per heavy atom. The van der Waals surface area contributed by atoms with Crippen LogP contribution in [0.3, 0.4) is 0 Å². The van der Waals surface area contributed by atoms with Crippen LogP contribution in [0.2, 0.25) is 5.28 Å². The van der Waals surface area contributed by atoms with Crippen molar-refractivity contribution >= 4 is 39.8 Å². The Balaban J connectivity index is 1.52. The number of fused-ring (bicyclic) bond motifs is 1. The van der Waals surface area contributed by atoms with Crippen LogP contribution in [0.25, 0.3) is 5.65 Å². The summed E-state index contributed by atoms with van der Waals surface area (Å²) in [6.07, 6.45) is -1.69. The lowest BCUT2D eigenvalue weighted by atomic mass is 10.1. The fraction of sp³-hybridized carbons (Fsp3) is 0.421. The van der Waals surface area contributed by atoms with E-state index in [1.165, 1.54) is 16.8 Å². The molecule has 4 N–H and O–H groups in total. The lowest BCUT2D eigenvalue weighted by Gasteiger charge is -2.17. The zero-order chi connectivity index (χ0) is 24.4. The van der Waals surface area contributed by atoms with Crippen LogP contribution in [0.1, 0.15) is 36.7 Å². The van der Waals surface area contributed by atoms with Gasteiger partial charge in [-0.2, -0.15) is 4.98 Å². The van der Waals surface area contributed by atoms with Gasteiger partial charge in [0, 0.05) is 12.0 Å². The lowest BCUT2D eigenvalue weighted by molar-refractivity contribution is 0.00346. The molecular weight excluding hydrogens is 514 g/mol. The number of benzene rings is 1. The van der Waals surface area contributed by atoms with Crippen molar-refractivity contribution in [3.63, 3.8) is 0 Å². The number of nitrogens with one attached hydrogen (secondary N) is 1. The first-order chi connectivity index (χ1) is 16.2. The molecule has 34 heavy (non-hydrogen) atoms. The minimum absolute atomic E-state index is 0.00231. The summed E-state index contributed by atoms with van der Waals surface area (Å²) < 4.78 is 41.3. The van der Waals surface area contributed by atoms with Gasteiger partial charge in [-0.05, 0) is 24.6 Å². The maximum absolute atomic E-state index is 14.9. The molecular formula is C19H22ClF2N5O5P2. The molecule has 0 amide bonds. The fourth-order valence-corrected chi connectivity index (χ4v) is 5.37. The zero-order valence-electron chi connectivity index (χ0n) is 17.8. The van der Waals surface area contributed by atoms with Crippen molar-refractivity contribution in [1.82, 2.24) is 19.6 Å². The average molecular weight is 536 g/mol. The molecule has 2 aromatic heterocycles. The Hall–Kier alpha value is -1.62. The third kappa shape index (κ3) is 5.78. The van der Waals surface area contributed by atoms with Gasteiger partial charge in [-0.3, -0.25) is 0 Å². The van der Waals surface area contributed by atoms with Crippen molar-refractivity contribution in [3.05, 3.63) is 52.8 Å². The van der Waals surface area contributed by atoms with Crippen molar-refractivity contribution in [3.8, 4) is 0 Å². The number of anilines is 1. The highest BCUT2D eigenvalue weighted by Gasteiger charge is 2.39. The number of rotatable bonds is 9. The van der Waals surface area contributed by atoms with Crippen LogP contribution in [0, 0.1) is 5.82 Å². The Labute approximate surface area is 200 Å².